The maximum atomic E-state index is 6.06. The molecule has 1 aliphatic heterocycles. The molecule has 1 fully saturated rings. The maximum absolute atomic E-state index is 6.06. The molecule has 2 nitrogen and oxygen atoms in total. The third-order valence-electron chi connectivity index (χ3n) is 4.93. The maximum Gasteiger partial charge on any atom is 0.0600 e. The third kappa shape index (κ3) is 2.56. The first-order valence-corrected chi connectivity index (χ1v) is 9.20. The molecule has 0 saturated carbocycles. The molecule has 1 aromatic heterocycles. The van der Waals surface area contributed by atoms with E-state index in [2.05, 4.69) is 72.6 Å². The van der Waals surface area contributed by atoms with E-state index in [4.69, 9.17) is 4.74 Å². The Balaban J connectivity index is 2.05. The summed E-state index contributed by atoms with van der Waals surface area (Å²) in [5, 5.41) is 7.21. The van der Waals surface area contributed by atoms with Crippen molar-refractivity contribution in [1.82, 2.24) is 5.32 Å². The summed E-state index contributed by atoms with van der Waals surface area (Å²) in [4.78, 5) is 0. The molecule has 1 aliphatic rings. The van der Waals surface area contributed by atoms with Crippen LogP contribution < -0.4 is 5.32 Å². The second-order valence-electron chi connectivity index (χ2n) is 6.06. The predicted molar refractivity (Wildman–Crippen MR) is 94.0 cm³/mol. The number of nitrogens with one attached hydrogen (secondary N) is 1. The van der Waals surface area contributed by atoms with Crippen LogP contribution in [-0.2, 0) is 4.74 Å². The van der Waals surface area contributed by atoms with E-state index in [1.807, 2.05) is 11.3 Å². The summed E-state index contributed by atoms with van der Waals surface area (Å²) in [7, 11) is 2.06. The number of benzene rings is 1. The molecule has 0 amide bonds. The fraction of sp³-hybridized carbons (Fsp3) is 0.529. The average Bonchev–Trinajstić information content (AvgIpc) is 2.98. The summed E-state index contributed by atoms with van der Waals surface area (Å²) < 4.78 is 8.57. The Bertz CT molecular complexity index is 641. The Hall–Kier alpha value is -0.420. The topological polar surface area (TPSA) is 21.3 Å². The van der Waals surface area contributed by atoms with Gasteiger partial charge in [0.05, 0.1) is 12.2 Å². The molecule has 5 atom stereocenters. The molecule has 114 valence electrons. The largest absolute Gasteiger partial charge is 0.375 e. The van der Waals surface area contributed by atoms with Gasteiger partial charge in [-0.05, 0) is 65.1 Å². The number of rotatable bonds is 3. The van der Waals surface area contributed by atoms with Gasteiger partial charge < -0.3 is 10.1 Å². The van der Waals surface area contributed by atoms with E-state index in [1.54, 1.807) is 0 Å². The van der Waals surface area contributed by atoms with Gasteiger partial charge in [0.15, 0.2) is 0 Å². The lowest BCUT2D eigenvalue weighted by molar-refractivity contribution is 0.0479. The number of halogens is 1. The average molecular weight is 368 g/mol. The molecule has 2 heterocycles. The molecule has 0 aliphatic carbocycles. The smallest absolute Gasteiger partial charge is 0.0600 e. The minimum atomic E-state index is 0.287. The first-order chi connectivity index (χ1) is 10.0. The zero-order chi connectivity index (χ0) is 15.1. The van der Waals surface area contributed by atoms with E-state index in [1.165, 1.54) is 20.1 Å². The van der Waals surface area contributed by atoms with Crippen molar-refractivity contribution < 1.29 is 4.74 Å². The van der Waals surface area contributed by atoms with Crippen LogP contribution in [0.1, 0.15) is 32.4 Å². The number of ether oxygens (including phenoxy) is 1. The monoisotopic (exact) mass is 367 g/mol. The van der Waals surface area contributed by atoms with Gasteiger partial charge in [-0.1, -0.05) is 19.1 Å². The fourth-order valence-corrected chi connectivity index (χ4v) is 5.36. The molecule has 1 saturated heterocycles. The minimum absolute atomic E-state index is 0.287. The first kappa shape index (κ1) is 15.5. The van der Waals surface area contributed by atoms with Crippen molar-refractivity contribution in [3.8, 4) is 0 Å². The van der Waals surface area contributed by atoms with Crippen LogP contribution in [0.4, 0.5) is 0 Å². The van der Waals surface area contributed by atoms with Gasteiger partial charge in [0.1, 0.15) is 0 Å². The zero-order valence-corrected chi connectivity index (χ0v) is 15.3. The second-order valence-corrected chi connectivity index (χ2v) is 7.79. The Kier molecular flexibility index (Phi) is 4.42. The molecule has 2 aromatic rings. The molecule has 3 rings (SSSR count). The summed E-state index contributed by atoms with van der Waals surface area (Å²) in [5.74, 6) is 1.06. The van der Waals surface area contributed by atoms with Crippen LogP contribution in [0.2, 0.25) is 0 Å². The highest BCUT2D eigenvalue weighted by Gasteiger charge is 2.42. The quantitative estimate of drug-likeness (QED) is 0.825. The van der Waals surface area contributed by atoms with Crippen molar-refractivity contribution in [3.63, 3.8) is 0 Å². The molecule has 0 spiro atoms. The molecule has 1 N–H and O–H groups in total. The molecule has 1 aromatic carbocycles. The van der Waals surface area contributed by atoms with Gasteiger partial charge >= 0.3 is 0 Å². The van der Waals surface area contributed by atoms with E-state index >= 15 is 0 Å². The highest BCUT2D eigenvalue weighted by atomic mass is 79.9. The third-order valence-corrected chi connectivity index (χ3v) is 6.90. The highest BCUT2D eigenvalue weighted by molar-refractivity contribution is 9.10. The van der Waals surface area contributed by atoms with Gasteiger partial charge in [0.25, 0.3) is 0 Å². The molecule has 0 radical (unpaired) electrons. The van der Waals surface area contributed by atoms with Crippen molar-refractivity contribution in [2.75, 3.05) is 7.05 Å². The van der Waals surface area contributed by atoms with Crippen LogP contribution in [0.3, 0.4) is 0 Å². The van der Waals surface area contributed by atoms with Crippen molar-refractivity contribution in [2.24, 2.45) is 11.8 Å². The zero-order valence-electron chi connectivity index (χ0n) is 12.9. The summed E-state index contributed by atoms with van der Waals surface area (Å²) in [6.45, 7) is 6.71. The van der Waals surface area contributed by atoms with Crippen molar-refractivity contribution >= 4 is 37.4 Å². The number of fused-ring (bicyclic) bond motifs is 1. The summed E-state index contributed by atoms with van der Waals surface area (Å²) >= 11 is 5.48. The Morgan fingerprint density at radius 1 is 1.24 bits per heavy atom. The fourth-order valence-electron chi connectivity index (χ4n) is 3.71. The lowest BCUT2D eigenvalue weighted by atomic mass is 9.80. The molecular formula is C17H22BrNOS. The van der Waals surface area contributed by atoms with Gasteiger partial charge in [0.2, 0.25) is 0 Å². The van der Waals surface area contributed by atoms with Gasteiger partial charge in [-0.25, -0.2) is 0 Å². The Morgan fingerprint density at radius 2 is 2.00 bits per heavy atom. The second kappa shape index (κ2) is 5.99. The van der Waals surface area contributed by atoms with Crippen molar-refractivity contribution in [3.05, 3.63) is 33.6 Å². The predicted octanol–water partition coefficient (Wildman–Crippen LogP) is 4.98. The summed E-state index contributed by atoms with van der Waals surface area (Å²) in [5.41, 5.74) is 1.40. The highest BCUT2D eigenvalue weighted by Crippen LogP contribution is 2.44. The summed E-state index contributed by atoms with van der Waals surface area (Å²) in [6.07, 6.45) is 0.618. The minimum Gasteiger partial charge on any atom is -0.375 e. The first-order valence-electron chi connectivity index (χ1n) is 7.53. The number of hydrogen-bond donors (Lipinski definition) is 1. The Morgan fingerprint density at radius 3 is 2.62 bits per heavy atom. The lowest BCUT2D eigenvalue weighted by Gasteiger charge is -2.28. The normalized spacial score (nSPS) is 30.9. The Labute approximate surface area is 139 Å². The standard InChI is InChI=1S/C17H22BrNOS/c1-9-10(2)20-11(3)15(9)16(19-4)13-8-21-17-12(13)6-5-7-14(17)18/h5-11,15-16,19H,1-4H3. The van der Waals surface area contributed by atoms with Gasteiger partial charge in [-0.15, -0.1) is 11.3 Å². The molecular weight excluding hydrogens is 346 g/mol. The van der Waals surface area contributed by atoms with Crippen molar-refractivity contribution in [1.29, 1.82) is 0 Å². The molecule has 0 bridgehead atoms. The SMILES string of the molecule is CNC(c1csc2c(Br)cccc12)C1C(C)OC(C)C1C. The van der Waals surface area contributed by atoms with E-state index in [-0.39, 0.29) is 6.10 Å². The van der Waals surface area contributed by atoms with E-state index in [0.717, 1.165) is 0 Å². The van der Waals surface area contributed by atoms with E-state index < -0.39 is 0 Å². The number of thiophene rings is 1. The van der Waals surface area contributed by atoms with Gasteiger partial charge in [-0.3, -0.25) is 0 Å². The van der Waals surface area contributed by atoms with Crippen LogP contribution in [0, 0.1) is 11.8 Å². The number of hydrogen-bond acceptors (Lipinski definition) is 3. The molecule has 21 heavy (non-hydrogen) atoms. The van der Waals surface area contributed by atoms with Crippen LogP contribution in [0.5, 0.6) is 0 Å². The van der Waals surface area contributed by atoms with Gasteiger partial charge in [0, 0.05) is 21.1 Å². The van der Waals surface area contributed by atoms with E-state index in [9.17, 15) is 0 Å². The molecule has 4 heteroatoms. The van der Waals surface area contributed by atoms with Crippen LogP contribution in [0.25, 0.3) is 10.1 Å². The van der Waals surface area contributed by atoms with Crippen molar-refractivity contribution in [2.45, 2.75) is 39.0 Å². The van der Waals surface area contributed by atoms with Crippen LogP contribution >= 0.6 is 27.3 Å². The molecule has 5 unspecified atom stereocenters. The summed E-state index contributed by atoms with van der Waals surface area (Å²) in [6, 6.07) is 6.80. The van der Waals surface area contributed by atoms with Crippen LogP contribution in [-0.4, -0.2) is 19.3 Å². The van der Waals surface area contributed by atoms with Crippen LogP contribution in [0.15, 0.2) is 28.1 Å². The van der Waals surface area contributed by atoms with E-state index in [0.29, 0.717) is 24.0 Å². The van der Waals surface area contributed by atoms with Gasteiger partial charge in [-0.2, -0.15) is 0 Å². The lowest BCUT2D eigenvalue weighted by Crippen LogP contribution is -2.32.